The fourth-order valence-electron chi connectivity index (χ4n) is 2.05. The standard InChI is InChI=1S/C14H12BrN3/c15-11-5-3-4-10(8-11)13-9-14(18-17-13)12-6-1-2-7-16-12/h1-8,13,17H,9H2. The molecule has 4 heteroatoms. The van der Waals surface area contributed by atoms with E-state index >= 15 is 0 Å². The van der Waals surface area contributed by atoms with Gasteiger partial charge in [0.2, 0.25) is 0 Å². The summed E-state index contributed by atoms with van der Waals surface area (Å²) in [5, 5.41) is 4.38. The second-order valence-electron chi connectivity index (χ2n) is 4.21. The van der Waals surface area contributed by atoms with E-state index in [1.807, 2.05) is 30.3 Å². The molecule has 1 aromatic heterocycles. The lowest BCUT2D eigenvalue weighted by molar-refractivity contribution is 0.619. The van der Waals surface area contributed by atoms with Gasteiger partial charge in [-0.05, 0) is 29.8 Å². The molecule has 2 aromatic rings. The number of nitrogens with zero attached hydrogens (tertiary/aromatic N) is 2. The molecular weight excluding hydrogens is 290 g/mol. The van der Waals surface area contributed by atoms with Gasteiger partial charge in [-0.3, -0.25) is 4.98 Å². The largest absolute Gasteiger partial charge is 0.302 e. The molecule has 0 fully saturated rings. The summed E-state index contributed by atoms with van der Waals surface area (Å²) in [5.74, 6) is 0. The first-order valence-electron chi connectivity index (χ1n) is 5.82. The van der Waals surface area contributed by atoms with E-state index in [4.69, 9.17) is 0 Å². The lowest BCUT2D eigenvalue weighted by Gasteiger charge is -2.10. The number of hydrogen-bond donors (Lipinski definition) is 1. The molecule has 1 aromatic carbocycles. The van der Waals surface area contributed by atoms with Crippen molar-refractivity contribution >= 4 is 21.6 Å². The van der Waals surface area contributed by atoms with Crippen LogP contribution in [0.2, 0.25) is 0 Å². The summed E-state index contributed by atoms with van der Waals surface area (Å²) in [6.45, 7) is 0. The van der Waals surface area contributed by atoms with Crippen LogP contribution < -0.4 is 5.43 Å². The SMILES string of the molecule is Brc1cccc(C2CC(c3ccccn3)=NN2)c1. The van der Waals surface area contributed by atoms with Crippen LogP contribution in [0, 0.1) is 0 Å². The van der Waals surface area contributed by atoms with Gasteiger partial charge < -0.3 is 5.43 Å². The highest BCUT2D eigenvalue weighted by Crippen LogP contribution is 2.25. The highest BCUT2D eigenvalue weighted by Gasteiger charge is 2.21. The van der Waals surface area contributed by atoms with Crippen molar-refractivity contribution in [1.82, 2.24) is 10.4 Å². The molecule has 0 amide bonds. The number of halogens is 1. The van der Waals surface area contributed by atoms with Gasteiger partial charge in [0.25, 0.3) is 0 Å². The topological polar surface area (TPSA) is 37.3 Å². The minimum atomic E-state index is 0.236. The predicted octanol–water partition coefficient (Wildman–Crippen LogP) is 3.28. The van der Waals surface area contributed by atoms with Crippen molar-refractivity contribution in [2.24, 2.45) is 5.10 Å². The molecule has 1 aliphatic heterocycles. The van der Waals surface area contributed by atoms with E-state index in [1.165, 1.54) is 5.56 Å². The highest BCUT2D eigenvalue weighted by molar-refractivity contribution is 9.10. The summed E-state index contributed by atoms with van der Waals surface area (Å²) in [4.78, 5) is 4.33. The van der Waals surface area contributed by atoms with E-state index in [0.717, 1.165) is 22.3 Å². The Morgan fingerprint density at radius 3 is 2.89 bits per heavy atom. The number of nitrogens with one attached hydrogen (secondary N) is 1. The molecule has 0 saturated heterocycles. The van der Waals surface area contributed by atoms with Gasteiger partial charge in [0.05, 0.1) is 17.4 Å². The first-order chi connectivity index (χ1) is 8.83. The molecule has 2 heterocycles. The van der Waals surface area contributed by atoms with Gasteiger partial charge in [-0.25, -0.2) is 0 Å². The Balaban J connectivity index is 1.79. The number of benzene rings is 1. The average molecular weight is 302 g/mol. The van der Waals surface area contributed by atoms with Crippen LogP contribution in [0.25, 0.3) is 0 Å². The second kappa shape index (κ2) is 4.90. The first-order valence-corrected chi connectivity index (χ1v) is 6.61. The van der Waals surface area contributed by atoms with Crippen LogP contribution in [0.15, 0.2) is 58.2 Å². The monoisotopic (exact) mass is 301 g/mol. The third kappa shape index (κ3) is 2.29. The van der Waals surface area contributed by atoms with Gasteiger partial charge >= 0.3 is 0 Å². The van der Waals surface area contributed by atoms with Gasteiger partial charge in [0.1, 0.15) is 0 Å². The smallest absolute Gasteiger partial charge is 0.0883 e. The van der Waals surface area contributed by atoms with Gasteiger partial charge in [-0.15, -0.1) is 0 Å². The molecule has 18 heavy (non-hydrogen) atoms. The zero-order valence-electron chi connectivity index (χ0n) is 9.68. The van der Waals surface area contributed by atoms with Gasteiger partial charge in [0.15, 0.2) is 0 Å². The van der Waals surface area contributed by atoms with E-state index in [2.05, 4.69) is 43.6 Å². The molecule has 3 rings (SSSR count). The number of pyridine rings is 1. The van der Waals surface area contributed by atoms with Crippen LogP contribution in [0.4, 0.5) is 0 Å². The molecule has 0 spiro atoms. The van der Waals surface area contributed by atoms with E-state index in [0.29, 0.717) is 0 Å². The molecule has 0 saturated carbocycles. The zero-order chi connectivity index (χ0) is 12.4. The lowest BCUT2D eigenvalue weighted by atomic mass is 10.0. The van der Waals surface area contributed by atoms with Gasteiger partial charge in [0, 0.05) is 17.1 Å². The molecule has 90 valence electrons. The Labute approximate surface area is 114 Å². The van der Waals surface area contributed by atoms with E-state index < -0.39 is 0 Å². The van der Waals surface area contributed by atoms with Crippen LogP contribution in [0.5, 0.6) is 0 Å². The van der Waals surface area contributed by atoms with Crippen molar-refractivity contribution in [2.75, 3.05) is 0 Å². The van der Waals surface area contributed by atoms with Crippen LogP contribution in [-0.2, 0) is 0 Å². The number of aromatic nitrogens is 1. The molecule has 1 aliphatic rings. The number of hydrogen-bond acceptors (Lipinski definition) is 3. The third-order valence-electron chi connectivity index (χ3n) is 2.96. The summed E-state index contributed by atoms with van der Waals surface area (Å²) < 4.78 is 1.09. The van der Waals surface area contributed by atoms with Crippen molar-refractivity contribution in [3.8, 4) is 0 Å². The maximum Gasteiger partial charge on any atom is 0.0883 e. The van der Waals surface area contributed by atoms with Gasteiger partial charge in [-0.1, -0.05) is 34.1 Å². The van der Waals surface area contributed by atoms with E-state index in [1.54, 1.807) is 6.20 Å². The van der Waals surface area contributed by atoms with Crippen molar-refractivity contribution in [3.63, 3.8) is 0 Å². The normalized spacial score (nSPS) is 18.3. The summed E-state index contributed by atoms with van der Waals surface area (Å²) in [6, 6.07) is 14.4. The van der Waals surface area contributed by atoms with Crippen LogP contribution in [0.3, 0.4) is 0 Å². The quantitative estimate of drug-likeness (QED) is 0.924. The molecule has 0 aliphatic carbocycles. The number of rotatable bonds is 2. The Morgan fingerprint density at radius 2 is 2.11 bits per heavy atom. The Bertz CT molecular complexity index is 581. The predicted molar refractivity (Wildman–Crippen MR) is 75.4 cm³/mol. The summed E-state index contributed by atoms with van der Waals surface area (Å²) in [7, 11) is 0. The van der Waals surface area contributed by atoms with Crippen molar-refractivity contribution in [3.05, 3.63) is 64.4 Å². The van der Waals surface area contributed by atoms with E-state index in [-0.39, 0.29) is 6.04 Å². The maximum atomic E-state index is 4.38. The fraction of sp³-hybridized carbons (Fsp3) is 0.143. The summed E-state index contributed by atoms with van der Waals surface area (Å²) in [5.41, 5.74) is 6.37. The summed E-state index contributed by atoms with van der Waals surface area (Å²) in [6.07, 6.45) is 2.66. The van der Waals surface area contributed by atoms with Crippen molar-refractivity contribution < 1.29 is 0 Å². The minimum Gasteiger partial charge on any atom is -0.302 e. The molecule has 1 N–H and O–H groups in total. The lowest BCUT2D eigenvalue weighted by Crippen LogP contribution is -2.09. The Morgan fingerprint density at radius 1 is 1.17 bits per heavy atom. The third-order valence-corrected chi connectivity index (χ3v) is 3.46. The molecule has 3 nitrogen and oxygen atoms in total. The molecule has 0 radical (unpaired) electrons. The molecule has 0 bridgehead atoms. The molecule has 1 atom stereocenters. The van der Waals surface area contributed by atoms with Crippen LogP contribution >= 0.6 is 15.9 Å². The van der Waals surface area contributed by atoms with Crippen LogP contribution in [-0.4, -0.2) is 10.7 Å². The highest BCUT2D eigenvalue weighted by atomic mass is 79.9. The van der Waals surface area contributed by atoms with Gasteiger partial charge in [-0.2, -0.15) is 5.10 Å². The maximum absolute atomic E-state index is 4.38. The zero-order valence-corrected chi connectivity index (χ0v) is 11.3. The summed E-state index contributed by atoms with van der Waals surface area (Å²) >= 11 is 3.49. The fourth-order valence-corrected chi connectivity index (χ4v) is 2.47. The first kappa shape index (κ1) is 11.4. The second-order valence-corrected chi connectivity index (χ2v) is 5.13. The Kier molecular flexibility index (Phi) is 3.11. The van der Waals surface area contributed by atoms with Crippen molar-refractivity contribution in [2.45, 2.75) is 12.5 Å². The Hall–Kier alpha value is -1.68. The average Bonchev–Trinajstić information content (AvgIpc) is 2.89. The van der Waals surface area contributed by atoms with E-state index in [9.17, 15) is 0 Å². The van der Waals surface area contributed by atoms with Crippen molar-refractivity contribution in [1.29, 1.82) is 0 Å². The minimum absolute atomic E-state index is 0.236. The molecule has 1 unspecified atom stereocenters. The van der Waals surface area contributed by atoms with Crippen LogP contribution in [0.1, 0.15) is 23.7 Å². The molecular formula is C14H12BrN3. The number of hydrazone groups is 1.